The van der Waals surface area contributed by atoms with E-state index in [-0.39, 0.29) is 5.91 Å². The van der Waals surface area contributed by atoms with Crippen LogP contribution in [0.1, 0.15) is 15.9 Å². The van der Waals surface area contributed by atoms with E-state index in [2.05, 4.69) is 23.5 Å². The Hall–Kier alpha value is -1.26. The summed E-state index contributed by atoms with van der Waals surface area (Å²) in [6.45, 7) is 7.98. The molecule has 1 amide bonds. The second-order valence-corrected chi connectivity index (χ2v) is 3.67. The van der Waals surface area contributed by atoms with E-state index in [1.165, 1.54) is 12.0 Å². The lowest BCUT2D eigenvalue weighted by molar-refractivity contribution is 0.0537. The molecule has 0 bridgehead atoms. The summed E-state index contributed by atoms with van der Waals surface area (Å²) in [5.74, 6) is -0.219. The van der Waals surface area contributed by atoms with Crippen molar-refractivity contribution in [2.24, 2.45) is 0 Å². The van der Waals surface area contributed by atoms with Crippen LogP contribution in [0.5, 0.6) is 0 Å². The van der Waals surface area contributed by atoms with Crippen LogP contribution in [0.2, 0.25) is 0 Å². The number of thioether (sulfide) groups is 1. The SMILES string of the molecule is C=C.CONC(=O)c1ccc(SC)c(C)c1. The number of benzene rings is 1. The number of amides is 1. The van der Waals surface area contributed by atoms with Crippen molar-refractivity contribution in [1.29, 1.82) is 0 Å². The smallest absolute Gasteiger partial charge is 0.274 e. The Bertz CT molecular complexity index is 353. The molecule has 4 heteroatoms. The Morgan fingerprint density at radius 3 is 2.50 bits per heavy atom. The first-order valence-corrected chi connectivity index (χ1v) is 5.89. The minimum absolute atomic E-state index is 0.219. The van der Waals surface area contributed by atoms with Crippen LogP contribution in [0.3, 0.4) is 0 Å². The maximum atomic E-state index is 11.4. The molecule has 0 saturated carbocycles. The molecule has 0 saturated heterocycles. The fourth-order valence-electron chi connectivity index (χ4n) is 1.17. The molecule has 0 heterocycles. The van der Waals surface area contributed by atoms with Crippen LogP contribution in [0.25, 0.3) is 0 Å². The molecular weight excluding hydrogens is 222 g/mol. The average molecular weight is 239 g/mol. The molecule has 0 aliphatic carbocycles. The molecule has 1 rings (SSSR count). The molecule has 0 aromatic heterocycles. The number of hydroxylamine groups is 1. The third kappa shape index (κ3) is 4.08. The Kier molecular flexibility index (Phi) is 7.33. The summed E-state index contributed by atoms with van der Waals surface area (Å²) in [7, 11) is 1.42. The Labute approximate surface area is 101 Å². The van der Waals surface area contributed by atoms with E-state index in [1.54, 1.807) is 17.8 Å². The summed E-state index contributed by atoms with van der Waals surface area (Å²) in [4.78, 5) is 17.1. The Morgan fingerprint density at radius 2 is 2.06 bits per heavy atom. The van der Waals surface area contributed by atoms with E-state index in [0.717, 1.165) is 5.56 Å². The number of carbonyl (C=O) groups excluding carboxylic acids is 1. The number of hydrogen-bond donors (Lipinski definition) is 1. The van der Waals surface area contributed by atoms with Crippen LogP contribution >= 0.6 is 11.8 Å². The number of rotatable bonds is 3. The van der Waals surface area contributed by atoms with Crippen LogP contribution in [0, 0.1) is 6.92 Å². The van der Waals surface area contributed by atoms with Gasteiger partial charge in [0.25, 0.3) is 5.91 Å². The van der Waals surface area contributed by atoms with Crippen molar-refractivity contribution in [3.8, 4) is 0 Å². The molecule has 1 aromatic rings. The third-order valence-corrected chi connectivity index (χ3v) is 2.75. The van der Waals surface area contributed by atoms with Crippen LogP contribution < -0.4 is 5.48 Å². The molecule has 0 aliphatic heterocycles. The van der Waals surface area contributed by atoms with Crippen LogP contribution in [-0.2, 0) is 4.84 Å². The van der Waals surface area contributed by atoms with Crippen LogP contribution in [0.4, 0.5) is 0 Å². The highest BCUT2D eigenvalue weighted by Crippen LogP contribution is 2.20. The van der Waals surface area contributed by atoms with Crippen molar-refractivity contribution < 1.29 is 9.63 Å². The van der Waals surface area contributed by atoms with Gasteiger partial charge < -0.3 is 0 Å². The zero-order valence-electron chi connectivity index (χ0n) is 9.87. The van der Waals surface area contributed by atoms with Crippen molar-refractivity contribution in [2.75, 3.05) is 13.4 Å². The monoisotopic (exact) mass is 239 g/mol. The Morgan fingerprint density at radius 1 is 1.44 bits per heavy atom. The first kappa shape index (κ1) is 14.7. The quantitative estimate of drug-likeness (QED) is 0.501. The molecule has 0 fully saturated rings. The van der Waals surface area contributed by atoms with Gasteiger partial charge in [-0.1, -0.05) is 0 Å². The Balaban J connectivity index is 0.00000106. The molecule has 0 radical (unpaired) electrons. The fraction of sp³-hybridized carbons (Fsp3) is 0.250. The number of aryl methyl sites for hydroxylation is 1. The highest BCUT2D eigenvalue weighted by Gasteiger charge is 2.06. The normalized spacial score (nSPS) is 8.94. The first-order valence-electron chi connectivity index (χ1n) is 4.67. The zero-order valence-corrected chi connectivity index (χ0v) is 10.7. The summed E-state index contributed by atoms with van der Waals surface area (Å²) in [5.41, 5.74) is 3.99. The molecule has 0 aliphatic rings. The van der Waals surface area contributed by atoms with Crippen molar-refractivity contribution in [3.05, 3.63) is 42.5 Å². The second-order valence-electron chi connectivity index (χ2n) is 2.82. The van der Waals surface area contributed by atoms with Gasteiger partial charge in [-0.25, -0.2) is 5.48 Å². The van der Waals surface area contributed by atoms with Crippen LogP contribution in [0.15, 0.2) is 36.3 Å². The molecule has 1 aromatic carbocycles. The molecule has 0 atom stereocenters. The fourth-order valence-corrected chi connectivity index (χ4v) is 1.76. The van der Waals surface area contributed by atoms with Crippen molar-refractivity contribution in [1.82, 2.24) is 5.48 Å². The topological polar surface area (TPSA) is 38.3 Å². The maximum Gasteiger partial charge on any atom is 0.274 e. The minimum Gasteiger partial charge on any atom is -0.277 e. The highest BCUT2D eigenvalue weighted by atomic mass is 32.2. The molecule has 1 N–H and O–H groups in total. The number of hydrogen-bond acceptors (Lipinski definition) is 3. The number of carbonyl (C=O) groups is 1. The standard InChI is InChI=1S/C10H13NO2S.C2H4/c1-7-6-8(10(12)11-13-2)4-5-9(7)14-3;1-2/h4-6H,1-3H3,(H,11,12);1-2H2. The largest absolute Gasteiger partial charge is 0.277 e. The molecule has 0 spiro atoms. The lowest BCUT2D eigenvalue weighted by Crippen LogP contribution is -2.21. The molecule has 88 valence electrons. The van der Waals surface area contributed by atoms with Crippen molar-refractivity contribution in [3.63, 3.8) is 0 Å². The predicted molar refractivity (Wildman–Crippen MR) is 68.7 cm³/mol. The van der Waals surface area contributed by atoms with Crippen molar-refractivity contribution >= 4 is 17.7 Å². The summed E-state index contributed by atoms with van der Waals surface area (Å²) >= 11 is 1.67. The van der Waals surface area contributed by atoms with Crippen molar-refractivity contribution in [2.45, 2.75) is 11.8 Å². The second kappa shape index (κ2) is 7.96. The average Bonchev–Trinajstić information content (AvgIpc) is 2.32. The summed E-state index contributed by atoms with van der Waals surface area (Å²) in [6, 6.07) is 5.57. The van der Waals surface area contributed by atoms with Gasteiger partial charge in [0.05, 0.1) is 7.11 Å². The molecule has 16 heavy (non-hydrogen) atoms. The van der Waals surface area contributed by atoms with Gasteiger partial charge in [-0.3, -0.25) is 9.63 Å². The van der Waals surface area contributed by atoms with E-state index in [4.69, 9.17) is 0 Å². The van der Waals surface area contributed by atoms with Gasteiger partial charge in [0.15, 0.2) is 0 Å². The van der Waals surface area contributed by atoms with E-state index in [9.17, 15) is 4.79 Å². The lowest BCUT2D eigenvalue weighted by atomic mass is 10.1. The van der Waals surface area contributed by atoms with E-state index < -0.39 is 0 Å². The first-order chi connectivity index (χ1) is 7.69. The highest BCUT2D eigenvalue weighted by molar-refractivity contribution is 7.98. The maximum absolute atomic E-state index is 11.4. The number of nitrogens with one attached hydrogen (secondary N) is 1. The van der Waals surface area contributed by atoms with E-state index in [1.807, 2.05) is 25.3 Å². The summed E-state index contributed by atoms with van der Waals surface area (Å²) in [5, 5.41) is 0. The zero-order chi connectivity index (χ0) is 12.6. The van der Waals surface area contributed by atoms with Gasteiger partial charge in [-0.05, 0) is 36.9 Å². The third-order valence-electron chi connectivity index (χ3n) is 1.85. The summed E-state index contributed by atoms with van der Waals surface area (Å²) in [6.07, 6.45) is 2.01. The van der Waals surface area contributed by atoms with Crippen LogP contribution in [-0.4, -0.2) is 19.3 Å². The van der Waals surface area contributed by atoms with Gasteiger partial charge in [-0.2, -0.15) is 0 Å². The van der Waals surface area contributed by atoms with Gasteiger partial charge in [-0.15, -0.1) is 24.9 Å². The lowest BCUT2D eigenvalue weighted by Gasteiger charge is -2.05. The van der Waals surface area contributed by atoms with Gasteiger partial charge in [0, 0.05) is 10.5 Å². The summed E-state index contributed by atoms with van der Waals surface area (Å²) < 4.78 is 0. The predicted octanol–water partition coefficient (Wildman–Crippen LogP) is 2.81. The van der Waals surface area contributed by atoms with Gasteiger partial charge in [0.1, 0.15) is 0 Å². The molecule has 0 unspecified atom stereocenters. The van der Waals surface area contributed by atoms with E-state index in [0.29, 0.717) is 5.56 Å². The molecule has 3 nitrogen and oxygen atoms in total. The minimum atomic E-state index is -0.219. The van der Waals surface area contributed by atoms with E-state index >= 15 is 0 Å². The molecular formula is C12H17NO2S. The van der Waals surface area contributed by atoms with Gasteiger partial charge >= 0.3 is 0 Å². The van der Waals surface area contributed by atoms with Gasteiger partial charge in [0.2, 0.25) is 0 Å².